The van der Waals surface area contributed by atoms with Gasteiger partial charge in [0, 0.05) is 21.0 Å². The van der Waals surface area contributed by atoms with Crippen LogP contribution < -0.4 is 4.72 Å². The van der Waals surface area contributed by atoms with E-state index >= 15 is 0 Å². The molecule has 0 aliphatic carbocycles. The highest BCUT2D eigenvalue weighted by molar-refractivity contribution is 9.10. The zero-order valence-electron chi connectivity index (χ0n) is 10.4. The van der Waals surface area contributed by atoms with Gasteiger partial charge in [-0.1, -0.05) is 51.4 Å². The fraction of sp³-hybridized carbons (Fsp3) is 0. The molecule has 0 amide bonds. The molecule has 3 aromatic rings. The fourth-order valence-electron chi connectivity index (χ4n) is 1.68. The Morgan fingerprint density at radius 2 is 1.75 bits per heavy atom. The largest absolute Gasteiger partial charge is 0.354 e. The number of hydrogen-bond acceptors (Lipinski definition) is 4. The van der Waals surface area contributed by atoms with Gasteiger partial charge in [0.25, 0.3) is 0 Å². The van der Waals surface area contributed by atoms with Crippen LogP contribution in [0, 0.1) is 0 Å². The van der Waals surface area contributed by atoms with E-state index in [9.17, 15) is 0 Å². The maximum Gasteiger partial charge on any atom is 0.180 e. The van der Waals surface area contributed by atoms with Gasteiger partial charge in [0.05, 0.1) is 0 Å². The standard InChI is InChI=1S/C15H11BrN2OS/c16-12-6-8-13(9-7-12)20-18-15-10-14(19-17-15)11-4-2-1-3-5-11/h1-10H,(H,17,18). The van der Waals surface area contributed by atoms with Crippen molar-refractivity contribution in [2.24, 2.45) is 0 Å². The molecule has 100 valence electrons. The summed E-state index contributed by atoms with van der Waals surface area (Å²) in [6, 6.07) is 19.9. The Hall–Kier alpha value is -1.72. The maximum absolute atomic E-state index is 5.32. The van der Waals surface area contributed by atoms with Crippen LogP contribution in [0.1, 0.15) is 0 Å². The smallest absolute Gasteiger partial charge is 0.180 e. The molecule has 0 fully saturated rings. The molecule has 2 aromatic carbocycles. The van der Waals surface area contributed by atoms with Gasteiger partial charge in [-0.3, -0.25) is 0 Å². The van der Waals surface area contributed by atoms with Crippen molar-refractivity contribution in [3.05, 3.63) is 65.1 Å². The topological polar surface area (TPSA) is 38.1 Å². The van der Waals surface area contributed by atoms with Gasteiger partial charge in [-0.15, -0.1) is 0 Å². The van der Waals surface area contributed by atoms with Crippen LogP contribution in [0.4, 0.5) is 5.82 Å². The number of anilines is 1. The molecule has 0 saturated heterocycles. The minimum absolute atomic E-state index is 0.705. The molecule has 3 nitrogen and oxygen atoms in total. The lowest BCUT2D eigenvalue weighted by Gasteiger charge is -2.00. The minimum atomic E-state index is 0.705. The lowest BCUT2D eigenvalue weighted by Crippen LogP contribution is -1.85. The van der Waals surface area contributed by atoms with Crippen LogP contribution in [0.5, 0.6) is 0 Å². The van der Waals surface area contributed by atoms with Gasteiger partial charge in [0.1, 0.15) is 0 Å². The van der Waals surface area contributed by atoms with Gasteiger partial charge >= 0.3 is 0 Å². The molecule has 0 unspecified atom stereocenters. The maximum atomic E-state index is 5.32. The lowest BCUT2D eigenvalue weighted by molar-refractivity contribution is 0.436. The zero-order valence-corrected chi connectivity index (χ0v) is 12.8. The summed E-state index contributed by atoms with van der Waals surface area (Å²) in [7, 11) is 0. The number of nitrogens with one attached hydrogen (secondary N) is 1. The van der Waals surface area contributed by atoms with E-state index in [4.69, 9.17) is 4.52 Å². The third-order valence-corrected chi connectivity index (χ3v) is 4.00. The van der Waals surface area contributed by atoms with Crippen molar-refractivity contribution in [3.8, 4) is 11.3 Å². The Labute approximate surface area is 129 Å². The summed E-state index contributed by atoms with van der Waals surface area (Å²) in [5, 5.41) is 4.01. The molecule has 0 saturated carbocycles. The highest BCUT2D eigenvalue weighted by Crippen LogP contribution is 2.26. The van der Waals surface area contributed by atoms with Gasteiger partial charge in [0.2, 0.25) is 0 Å². The Kier molecular flexibility index (Phi) is 4.08. The third kappa shape index (κ3) is 3.23. The first kappa shape index (κ1) is 13.3. The SMILES string of the molecule is Brc1ccc(SNc2cc(-c3ccccc3)on2)cc1. The van der Waals surface area contributed by atoms with E-state index < -0.39 is 0 Å². The van der Waals surface area contributed by atoms with E-state index in [2.05, 4.69) is 25.8 Å². The molecule has 20 heavy (non-hydrogen) atoms. The Bertz CT molecular complexity index is 683. The van der Waals surface area contributed by atoms with E-state index in [1.807, 2.05) is 60.7 Å². The summed E-state index contributed by atoms with van der Waals surface area (Å²) in [6.45, 7) is 0. The molecule has 5 heteroatoms. The van der Waals surface area contributed by atoms with Gasteiger partial charge < -0.3 is 9.25 Å². The van der Waals surface area contributed by atoms with Crippen molar-refractivity contribution in [3.63, 3.8) is 0 Å². The first-order valence-corrected chi connectivity index (χ1v) is 7.63. The van der Waals surface area contributed by atoms with E-state index in [1.54, 1.807) is 0 Å². The highest BCUT2D eigenvalue weighted by Gasteiger charge is 2.06. The molecule has 3 rings (SSSR count). The predicted octanol–water partition coefficient (Wildman–Crippen LogP) is 5.22. The molecular formula is C15H11BrN2OS. The van der Waals surface area contributed by atoms with Gasteiger partial charge in [-0.2, -0.15) is 0 Å². The van der Waals surface area contributed by atoms with Crippen molar-refractivity contribution in [1.82, 2.24) is 5.16 Å². The summed E-state index contributed by atoms with van der Waals surface area (Å²) >= 11 is 4.91. The van der Waals surface area contributed by atoms with Crippen LogP contribution in [-0.4, -0.2) is 5.16 Å². The van der Waals surface area contributed by atoms with Gasteiger partial charge in [0.15, 0.2) is 11.6 Å². The second-order valence-corrected chi connectivity index (χ2v) is 5.90. The lowest BCUT2D eigenvalue weighted by atomic mass is 10.2. The first-order chi connectivity index (χ1) is 9.81. The molecule has 1 heterocycles. The average Bonchev–Trinajstić information content (AvgIpc) is 2.97. The number of aromatic nitrogens is 1. The molecule has 0 atom stereocenters. The van der Waals surface area contributed by atoms with Crippen molar-refractivity contribution in [2.75, 3.05) is 4.72 Å². The number of halogens is 1. The van der Waals surface area contributed by atoms with Crippen LogP contribution in [-0.2, 0) is 0 Å². The highest BCUT2D eigenvalue weighted by atomic mass is 79.9. The monoisotopic (exact) mass is 346 g/mol. The van der Waals surface area contributed by atoms with E-state index in [-0.39, 0.29) is 0 Å². The number of nitrogens with zero attached hydrogens (tertiary/aromatic N) is 1. The molecule has 0 bridgehead atoms. The number of hydrogen-bond donors (Lipinski definition) is 1. The summed E-state index contributed by atoms with van der Waals surface area (Å²) < 4.78 is 9.56. The molecule has 1 N–H and O–H groups in total. The van der Waals surface area contributed by atoms with E-state index in [0.29, 0.717) is 5.82 Å². The Morgan fingerprint density at radius 1 is 1.00 bits per heavy atom. The number of benzene rings is 2. The summed E-state index contributed by atoms with van der Waals surface area (Å²) in [5.41, 5.74) is 1.02. The minimum Gasteiger partial charge on any atom is -0.354 e. The van der Waals surface area contributed by atoms with Gasteiger partial charge in [-0.25, -0.2) is 0 Å². The quantitative estimate of drug-likeness (QED) is 0.657. The summed E-state index contributed by atoms with van der Waals surface area (Å²) in [6.07, 6.45) is 0. The Morgan fingerprint density at radius 3 is 2.50 bits per heavy atom. The first-order valence-electron chi connectivity index (χ1n) is 6.02. The van der Waals surface area contributed by atoms with Crippen LogP contribution >= 0.6 is 27.9 Å². The van der Waals surface area contributed by atoms with Crippen molar-refractivity contribution < 1.29 is 4.52 Å². The molecule has 0 radical (unpaired) electrons. The Balaban J connectivity index is 1.67. The van der Waals surface area contributed by atoms with E-state index in [1.165, 1.54) is 11.9 Å². The molecule has 0 spiro atoms. The molecular weight excluding hydrogens is 336 g/mol. The van der Waals surface area contributed by atoms with Crippen LogP contribution in [0.3, 0.4) is 0 Å². The molecule has 0 aliphatic rings. The zero-order chi connectivity index (χ0) is 13.8. The molecule has 0 aliphatic heterocycles. The molecule has 1 aromatic heterocycles. The predicted molar refractivity (Wildman–Crippen MR) is 85.6 cm³/mol. The van der Waals surface area contributed by atoms with Crippen molar-refractivity contribution in [2.45, 2.75) is 4.90 Å². The summed E-state index contributed by atoms with van der Waals surface area (Å²) in [5.74, 6) is 1.46. The van der Waals surface area contributed by atoms with Crippen molar-refractivity contribution in [1.29, 1.82) is 0 Å². The third-order valence-electron chi connectivity index (χ3n) is 2.66. The van der Waals surface area contributed by atoms with Crippen molar-refractivity contribution >= 4 is 33.7 Å². The fourth-order valence-corrected chi connectivity index (χ4v) is 2.53. The van der Waals surface area contributed by atoms with Crippen LogP contribution in [0.25, 0.3) is 11.3 Å². The van der Waals surface area contributed by atoms with Gasteiger partial charge in [-0.05, 0) is 36.2 Å². The van der Waals surface area contributed by atoms with Crippen LogP contribution in [0.15, 0.2) is 74.6 Å². The summed E-state index contributed by atoms with van der Waals surface area (Å²) in [4.78, 5) is 1.11. The number of rotatable bonds is 4. The normalized spacial score (nSPS) is 10.4. The second-order valence-electron chi connectivity index (χ2n) is 4.10. The average molecular weight is 347 g/mol. The second kappa shape index (κ2) is 6.15. The van der Waals surface area contributed by atoms with E-state index in [0.717, 1.165) is 20.7 Å². The van der Waals surface area contributed by atoms with Crippen LogP contribution in [0.2, 0.25) is 0 Å².